The van der Waals surface area contributed by atoms with Crippen LogP contribution >= 0.6 is 0 Å². The summed E-state index contributed by atoms with van der Waals surface area (Å²) in [5.41, 5.74) is 3.46. The van der Waals surface area contributed by atoms with Crippen molar-refractivity contribution in [2.45, 2.75) is 38.3 Å². The lowest BCUT2D eigenvalue weighted by Crippen LogP contribution is -2.23. The van der Waals surface area contributed by atoms with Gasteiger partial charge in [-0.15, -0.1) is 0 Å². The molecule has 5 rings (SSSR count). The summed E-state index contributed by atoms with van der Waals surface area (Å²) in [6.07, 6.45) is 6.57. The summed E-state index contributed by atoms with van der Waals surface area (Å²) in [4.78, 5) is 17.2. The van der Waals surface area contributed by atoms with E-state index in [4.69, 9.17) is 5.10 Å². The molecule has 1 aliphatic rings. The summed E-state index contributed by atoms with van der Waals surface area (Å²) in [6, 6.07) is 22.2. The second-order valence-corrected chi connectivity index (χ2v) is 7.86. The van der Waals surface area contributed by atoms with Crippen LogP contribution in [0.25, 0.3) is 22.2 Å². The predicted octanol–water partition coefficient (Wildman–Crippen LogP) is 5.14. The smallest absolute Gasteiger partial charge is 0.251 e. The molecule has 0 spiro atoms. The van der Waals surface area contributed by atoms with Gasteiger partial charge in [0.05, 0.1) is 29.7 Å². The molecular formula is C25H24N4O. The van der Waals surface area contributed by atoms with Crippen molar-refractivity contribution < 1.29 is 4.79 Å². The van der Waals surface area contributed by atoms with Gasteiger partial charge in [-0.3, -0.25) is 14.5 Å². The minimum absolute atomic E-state index is 0.0874. The van der Waals surface area contributed by atoms with Gasteiger partial charge in [0.15, 0.2) is 0 Å². The zero-order valence-corrected chi connectivity index (χ0v) is 16.8. The molecule has 2 aromatic carbocycles. The van der Waals surface area contributed by atoms with E-state index in [9.17, 15) is 4.79 Å². The maximum atomic E-state index is 12.7. The number of aromatic nitrogens is 3. The van der Waals surface area contributed by atoms with Gasteiger partial charge in [-0.05, 0) is 53.9 Å². The van der Waals surface area contributed by atoms with Gasteiger partial charge in [-0.2, -0.15) is 5.10 Å². The number of hydrogen-bond acceptors (Lipinski definition) is 3. The number of rotatable bonds is 5. The Balaban J connectivity index is 1.37. The van der Waals surface area contributed by atoms with Crippen LogP contribution < -0.4 is 5.32 Å². The minimum atomic E-state index is -0.0874. The highest BCUT2D eigenvalue weighted by Crippen LogP contribution is 2.33. The lowest BCUT2D eigenvalue weighted by Gasteiger charge is -2.13. The van der Waals surface area contributed by atoms with Crippen LogP contribution in [0.3, 0.4) is 0 Å². The Labute approximate surface area is 175 Å². The summed E-state index contributed by atoms with van der Waals surface area (Å²) < 4.78 is 2.12. The molecule has 5 heteroatoms. The van der Waals surface area contributed by atoms with Crippen LogP contribution in [-0.4, -0.2) is 20.7 Å². The Bertz CT molecular complexity index is 1180. The summed E-state index contributed by atoms with van der Waals surface area (Å²) in [5.74, 6) is -0.0874. The third-order valence-electron chi connectivity index (χ3n) is 5.83. The van der Waals surface area contributed by atoms with Crippen LogP contribution in [-0.2, 0) is 6.54 Å². The summed E-state index contributed by atoms with van der Waals surface area (Å²) in [6.45, 7) is 0.394. The van der Waals surface area contributed by atoms with Gasteiger partial charge in [0, 0.05) is 11.8 Å². The molecule has 2 heterocycles. The molecule has 5 nitrogen and oxygen atoms in total. The SMILES string of the molecule is O=C(NCc1cc(-c2ccccn2)n(C2CCCC2)n1)c1ccc2ccccc2c1. The van der Waals surface area contributed by atoms with Gasteiger partial charge in [-0.25, -0.2) is 0 Å². The molecule has 0 bridgehead atoms. The van der Waals surface area contributed by atoms with E-state index < -0.39 is 0 Å². The van der Waals surface area contributed by atoms with Crippen LogP contribution in [0.5, 0.6) is 0 Å². The largest absolute Gasteiger partial charge is 0.346 e. The first-order valence-electron chi connectivity index (χ1n) is 10.5. The number of nitrogens with zero attached hydrogens (tertiary/aromatic N) is 3. The first-order chi connectivity index (χ1) is 14.8. The normalized spacial score (nSPS) is 14.3. The highest BCUT2D eigenvalue weighted by atomic mass is 16.1. The molecule has 30 heavy (non-hydrogen) atoms. The highest BCUT2D eigenvalue weighted by Gasteiger charge is 2.22. The Morgan fingerprint density at radius 3 is 2.57 bits per heavy atom. The first kappa shape index (κ1) is 18.6. The van der Waals surface area contributed by atoms with E-state index in [1.54, 1.807) is 0 Å². The molecule has 0 unspecified atom stereocenters. The molecule has 0 atom stereocenters. The maximum Gasteiger partial charge on any atom is 0.251 e. The Hall–Kier alpha value is -3.47. The summed E-state index contributed by atoms with van der Waals surface area (Å²) >= 11 is 0. The fourth-order valence-corrected chi connectivity index (χ4v) is 4.27. The molecule has 0 saturated heterocycles. The fourth-order valence-electron chi connectivity index (χ4n) is 4.27. The molecule has 1 aliphatic carbocycles. The average molecular weight is 396 g/mol. The quantitative estimate of drug-likeness (QED) is 0.508. The minimum Gasteiger partial charge on any atom is -0.346 e. The number of fused-ring (bicyclic) bond motifs is 1. The zero-order valence-electron chi connectivity index (χ0n) is 16.8. The lowest BCUT2D eigenvalue weighted by atomic mass is 10.1. The van der Waals surface area contributed by atoms with Crippen LogP contribution in [0.4, 0.5) is 0 Å². The summed E-state index contributed by atoms with van der Waals surface area (Å²) in [7, 11) is 0. The Morgan fingerprint density at radius 2 is 1.77 bits per heavy atom. The van der Waals surface area contributed by atoms with Gasteiger partial charge in [0.2, 0.25) is 0 Å². The molecule has 1 N–H and O–H groups in total. The number of amides is 1. The van der Waals surface area contributed by atoms with Crippen LogP contribution in [0.15, 0.2) is 72.9 Å². The van der Waals surface area contributed by atoms with Gasteiger partial charge in [0.25, 0.3) is 5.91 Å². The number of benzene rings is 2. The van der Waals surface area contributed by atoms with Crippen LogP contribution in [0.2, 0.25) is 0 Å². The Kier molecular flexibility index (Phi) is 5.01. The van der Waals surface area contributed by atoms with E-state index in [1.165, 1.54) is 12.8 Å². The number of hydrogen-bond donors (Lipinski definition) is 1. The van der Waals surface area contributed by atoms with Gasteiger partial charge in [-0.1, -0.05) is 49.2 Å². The topological polar surface area (TPSA) is 59.8 Å². The van der Waals surface area contributed by atoms with E-state index in [1.807, 2.05) is 66.9 Å². The third kappa shape index (κ3) is 3.71. The van der Waals surface area contributed by atoms with E-state index in [0.717, 1.165) is 40.7 Å². The average Bonchev–Trinajstić information content (AvgIpc) is 3.47. The van der Waals surface area contributed by atoms with E-state index >= 15 is 0 Å². The first-order valence-corrected chi connectivity index (χ1v) is 10.5. The summed E-state index contributed by atoms with van der Waals surface area (Å²) in [5, 5.41) is 10.1. The van der Waals surface area contributed by atoms with Crippen LogP contribution in [0.1, 0.15) is 47.8 Å². The van der Waals surface area contributed by atoms with Crippen molar-refractivity contribution in [3.05, 3.63) is 84.2 Å². The van der Waals surface area contributed by atoms with Crippen molar-refractivity contribution in [2.75, 3.05) is 0 Å². The molecule has 150 valence electrons. The molecule has 0 radical (unpaired) electrons. The molecule has 0 aliphatic heterocycles. The van der Waals surface area contributed by atoms with Gasteiger partial charge in [0.1, 0.15) is 0 Å². The Morgan fingerprint density at radius 1 is 0.967 bits per heavy atom. The monoisotopic (exact) mass is 396 g/mol. The van der Waals surface area contributed by atoms with Crippen LogP contribution in [0, 0.1) is 0 Å². The van der Waals surface area contributed by atoms with E-state index in [0.29, 0.717) is 18.2 Å². The third-order valence-corrected chi connectivity index (χ3v) is 5.83. The lowest BCUT2D eigenvalue weighted by molar-refractivity contribution is 0.0950. The second kappa shape index (κ2) is 8.11. The maximum absolute atomic E-state index is 12.7. The zero-order chi connectivity index (χ0) is 20.3. The molecule has 2 aromatic heterocycles. The molecule has 1 fully saturated rings. The van der Waals surface area contributed by atoms with Crippen molar-refractivity contribution >= 4 is 16.7 Å². The molecule has 4 aromatic rings. The fraction of sp³-hybridized carbons (Fsp3) is 0.240. The molecular weight excluding hydrogens is 372 g/mol. The second-order valence-electron chi connectivity index (χ2n) is 7.86. The van der Waals surface area contributed by atoms with Crippen molar-refractivity contribution in [3.63, 3.8) is 0 Å². The number of carbonyl (C=O) groups is 1. The van der Waals surface area contributed by atoms with Crippen molar-refractivity contribution in [3.8, 4) is 11.4 Å². The van der Waals surface area contributed by atoms with E-state index in [2.05, 4.69) is 21.0 Å². The highest BCUT2D eigenvalue weighted by molar-refractivity contribution is 5.98. The van der Waals surface area contributed by atoms with Crippen molar-refractivity contribution in [1.29, 1.82) is 0 Å². The number of carbonyl (C=O) groups excluding carboxylic acids is 1. The predicted molar refractivity (Wildman–Crippen MR) is 118 cm³/mol. The van der Waals surface area contributed by atoms with Crippen molar-refractivity contribution in [1.82, 2.24) is 20.1 Å². The number of pyridine rings is 1. The molecule has 1 saturated carbocycles. The molecule has 1 amide bonds. The number of nitrogens with one attached hydrogen (secondary N) is 1. The van der Waals surface area contributed by atoms with Gasteiger partial charge >= 0.3 is 0 Å². The van der Waals surface area contributed by atoms with Gasteiger partial charge < -0.3 is 5.32 Å². The van der Waals surface area contributed by atoms with Crippen molar-refractivity contribution in [2.24, 2.45) is 0 Å². The standard InChI is InChI=1S/C25H24N4O/c30-25(20-13-12-18-7-1-2-8-19(18)15-20)27-17-21-16-24(23-11-5-6-14-26-23)29(28-21)22-9-3-4-10-22/h1-2,5-8,11-16,22H,3-4,9-10,17H2,(H,27,30). The van der Waals surface area contributed by atoms with E-state index in [-0.39, 0.29) is 5.91 Å².